The van der Waals surface area contributed by atoms with E-state index in [2.05, 4.69) is 20.9 Å². The molecule has 0 saturated heterocycles. The minimum absolute atomic E-state index is 0.171. The molecule has 1 amide bonds. The molecule has 0 spiro atoms. The second-order valence-corrected chi connectivity index (χ2v) is 5.19. The highest BCUT2D eigenvalue weighted by Crippen LogP contribution is 2.26. The van der Waals surface area contributed by atoms with Crippen molar-refractivity contribution < 1.29 is 4.79 Å². The van der Waals surface area contributed by atoms with Crippen LogP contribution in [0.25, 0.3) is 0 Å². The largest absolute Gasteiger partial charge is 0.396 e. The molecule has 1 aromatic heterocycles. The van der Waals surface area contributed by atoms with E-state index in [0.717, 1.165) is 0 Å². The van der Waals surface area contributed by atoms with E-state index in [9.17, 15) is 4.79 Å². The maximum atomic E-state index is 12.3. The van der Waals surface area contributed by atoms with E-state index in [0.29, 0.717) is 26.4 Å². The average Bonchev–Trinajstić information content (AvgIpc) is 2.41. The Labute approximate surface area is 124 Å². The van der Waals surface area contributed by atoms with Crippen LogP contribution in [-0.4, -0.2) is 17.9 Å². The van der Waals surface area contributed by atoms with Gasteiger partial charge in [0.1, 0.15) is 0 Å². The van der Waals surface area contributed by atoms with Crippen LogP contribution in [0.5, 0.6) is 0 Å². The number of benzene rings is 1. The lowest BCUT2D eigenvalue weighted by atomic mass is 10.2. The second-order valence-electron chi connectivity index (χ2n) is 3.93. The molecule has 0 atom stereocenters. The molecule has 0 aliphatic carbocycles. The van der Waals surface area contributed by atoms with Crippen molar-refractivity contribution in [1.82, 2.24) is 4.98 Å². The van der Waals surface area contributed by atoms with Gasteiger partial charge in [-0.3, -0.25) is 9.78 Å². The van der Waals surface area contributed by atoms with Crippen LogP contribution in [0.4, 0.5) is 11.4 Å². The number of hydrogen-bond donors (Lipinski definition) is 1. The van der Waals surface area contributed by atoms with Crippen molar-refractivity contribution in [1.29, 1.82) is 0 Å². The lowest BCUT2D eigenvalue weighted by Gasteiger charge is -2.19. The lowest BCUT2D eigenvalue weighted by Crippen LogP contribution is -2.27. The summed E-state index contributed by atoms with van der Waals surface area (Å²) in [5, 5.41) is 0.558. The third kappa shape index (κ3) is 2.88. The van der Waals surface area contributed by atoms with Crippen molar-refractivity contribution >= 4 is 44.8 Å². The van der Waals surface area contributed by atoms with Crippen LogP contribution in [0.15, 0.2) is 41.1 Å². The smallest absolute Gasteiger partial charge is 0.258 e. The molecule has 2 aromatic rings. The number of nitrogen functional groups attached to an aromatic ring is 1. The standard InChI is InChI=1S/C13H11BrClN3O/c1-18(12-4-5-17-7-11(12)16)13(19)8-2-3-10(15)9(14)6-8/h2-7H,16H2,1H3. The van der Waals surface area contributed by atoms with Crippen molar-refractivity contribution in [2.75, 3.05) is 17.7 Å². The van der Waals surface area contributed by atoms with Gasteiger partial charge in [0.05, 0.1) is 22.6 Å². The molecule has 0 aliphatic rings. The first kappa shape index (κ1) is 13.8. The van der Waals surface area contributed by atoms with Crippen LogP contribution >= 0.6 is 27.5 Å². The number of nitrogens with zero attached hydrogens (tertiary/aromatic N) is 2. The van der Waals surface area contributed by atoms with Gasteiger partial charge in [0.25, 0.3) is 5.91 Å². The number of rotatable bonds is 2. The Hall–Kier alpha value is -1.59. The van der Waals surface area contributed by atoms with Crippen LogP contribution in [0.2, 0.25) is 5.02 Å². The van der Waals surface area contributed by atoms with Crippen LogP contribution in [-0.2, 0) is 0 Å². The Balaban J connectivity index is 2.34. The third-order valence-corrected chi connectivity index (χ3v) is 3.87. The Bertz CT molecular complexity index is 633. The summed E-state index contributed by atoms with van der Waals surface area (Å²) in [6.07, 6.45) is 3.10. The zero-order valence-electron chi connectivity index (χ0n) is 10.1. The summed E-state index contributed by atoms with van der Waals surface area (Å²) < 4.78 is 0.677. The van der Waals surface area contributed by atoms with Crippen LogP contribution in [0, 0.1) is 0 Å². The van der Waals surface area contributed by atoms with Crippen LogP contribution in [0.1, 0.15) is 10.4 Å². The average molecular weight is 341 g/mol. The summed E-state index contributed by atoms with van der Waals surface area (Å²) in [6.45, 7) is 0. The number of aromatic nitrogens is 1. The van der Waals surface area contributed by atoms with Gasteiger partial charge in [0.2, 0.25) is 0 Å². The maximum Gasteiger partial charge on any atom is 0.258 e. The lowest BCUT2D eigenvalue weighted by molar-refractivity contribution is 0.0993. The van der Waals surface area contributed by atoms with Gasteiger partial charge >= 0.3 is 0 Å². The van der Waals surface area contributed by atoms with Gasteiger partial charge in [-0.1, -0.05) is 11.6 Å². The molecule has 0 aliphatic heterocycles. The number of amides is 1. The molecule has 0 fully saturated rings. The van der Waals surface area contributed by atoms with Gasteiger partial charge in [-0.25, -0.2) is 0 Å². The summed E-state index contributed by atoms with van der Waals surface area (Å²) >= 11 is 9.20. The van der Waals surface area contributed by atoms with Gasteiger partial charge < -0.3 is 10.6 Å². The Morgan fingerprint density at radius 1 is 1.42 bits per heavy atom. The number of carbonyl (C=O) groups excluding carboxylic acids is 1. The summed E-state index contributed by atoms with van der Waals surface area (Å²) in [4.78, 5) is 17.7. The third-order valence-electron chi connectivity index (χ3n) is 2.66. The molecule has 1 heterocycles. The summed E-state index contributed by atoms with van der Waals surface area (Å²) in [5.74, 6) is -0.171. The number of nitrogens with two attached hydrogens (primary N) is 1. The number of hydrogen-bond acceptors (Lipinski definition) is 3. The number of pyridine rings is 1. The zero-order chi connectivity index (χ0) is 14.0. The Morgan fingerprint density at radius 2 is 2.16 bits per heavy atom. The fourth-order valence-corrected chi connectivity index (χ4v) is 2.13. The van der Waals surface area contributed by atoms with E-state index in [1.165, 1.54) is 11.1 Å². The molecule has 1 aromatic carbocycles. The number of carbonyl (C=O) groups is 1. The molecule has 98 valence electrons. The minimum Gasteiger partial charge on any atom is -0.396 e. The normalized spacial score (nSPS) is 10.3. The maximum absolute atomic E-state index is 12.3. The van der Waals surface area contributed by atoms with E-state index in [-0.39, 0.29) is 5.91 Å². The first-order valence-electron chi connectivity index (χ1n) is 5.43. The van der Waals surface area contributed by atoms with E-state index >= 15 is 0 Å². The van der Waals surface area contributed by atoms with E-state index in [4.69, 9.17) is 17.3 Å². The quantitative estimate of drug-likeness (QED) is 0.912. The van der Waals surface area contributed by atoms with Gasteiger partial charge in [-0.05, 0) is 40.2 Å². The predicted octanol–water partition coefficient (Wildman–Crippen LogP) is 3.36. The first-order chi connectivity index (χ1) is 9.00. The SMILES string of the molecule is CN(C(=O)c1ccc(Cl)c(Br)c1)c1ccncc1N. The molecule has 0 radical (unpaired) electrons. The highest BCUT2D eigenvalue weighted by Gasteiger charge is 2.16. The molecule has 0 unspecified atom stereocenters. The molecular weight excluding hydrogens is 330 g/mol. The van der Waals surface area contributed by atoms with Crippen molar-refractivity contribution in [3.05, 3.63) is 51.7 Å². The Kier molecular flexibility index (Phi) is 4.07. The molecule has 19 heavy (non-hydrogen) atoms. The molecular formula is C13H11BrClN3O. The monoisotopic (exact) mass is 339 g/mol. The second kappa shape index (κ2) is 5.59. The first-order valence-corrected chi connectivity index (χ1v) is 6.60. The molecule has 2 N–H and O–H groups in total. The molecule has 4 nitrogen and oxygen atoms in total. The van der Waals surface area contributed by atoms with Crippen molar-refractivity contribution in [2.24, 2.45) is 0 Å². The van der Waals surface area contributed by atoms with E-state index < -0.39 is 0 Å². The summed E-state index contributed by atoms with van der Waals surface area (Å²) in [5.41, 5.74) is 7.39. The fraction of sp³-hybridized carbons (Fsp3) is 0.0769. The van der Waals surface area contributed by atoms with Crippen LogP contribution in [0.3, 0.4) is 0 Å². The zero-order valence-corrected chi connectivity index (χ0v) is 12.4. The van der Waals surface area contributed by atoms with Gasteiger partial charge in [0, 0.05) is 23.3 Å². The van der Waals surface area contributed by atoms with Crippen molar-refractivity contribution in [3.63, 3.8) is 0 Å². The van der Waals surface area contributed by atoms with Gasteiger partial charge in [-0.15, -0.1) is 0 Å². The van der Waals surface area contributed by atoms with Gasteiger partial charge in [-0.2, -0.15) is 0 Å². The fourth-order valence-electron chi connectivity index (χ4n) is 1.64. The predicted molar refractivity (Wildman–Crippen MR) is 80.5 cm³/mol. The molecule has 6 heteroatoms. The van der Waals surface area contributed by atoms with Crippen molar-refractivity contribution in [2.45, 2.75) is 0 Å². The van der Waals surface area contributed by atoms with Crippen molar-refractivity contribution in [3.8, 4) is 0 Å². The number of halogens is 2. The summed E-state index contributed by atoms with van der Waals surface area (Å²) in [7, 11) is 1.66. The van der Waals surface area contributed by atoms with E-state index in [1.807, 2.05) is 0 Å². The highest BCUT2D eigenvalue weighted by atomic mass is 79.9. The molecule has 2 rings (SSSR count). The van der Waals surface area contributed by atoms with Crippen LogP contribution < -0.4 is 10.6 Å². The van der Waals surface area contributed by atoms with Gasteiger partial charge in [0.15, 0.2) is 0 Å². The number of anilines is 2. The highest BCUT2D eigenvalue weighted by molar-refractivity contribution is 9.10. The van der Waals surface area contributed by atoms with E-state index in [1.54, 1.807) is 37.5 Å². The Morgan fingerprint density at radius 3 is 2.79 bits per heavy atom. The summed E-state index contributed by atoms with van der Waals surface area (Å²) in [6, 6.07) is 6.71. The molecule has 0 bridgehead atoms. The molecule has 0 saturated carbocycles. The minimum atomic E-state index is -0.171. The topological polar surface area (TPSA) is 59.2 Å².